The van der Waals surface area contributed by atoms with Gasteiger partial charge in [-0.2, -0.15) is 0 Å². The van der Waals surface area contributed by atoms with Gasteiger partial charge < -0.3 is 5.11 Å². The molecule has 0 atom stereocenters. The summed E-state index contributed by atoms with van der Waals surface area (Å²) in [5.74, 6) is 0. The van der Waals surface area contributed by atoms with Crippen molar-refractivity contribution in [1.82, 2.24) is 0 Å². The lowest BCUT2D eigenvalue weighted by Gasteiger charge is -2.00. The molecule has 0 heterocycles. The Balaban J connectivity index is 2.59. The van der Waals surface area contributed by atoms with Crippen LogP contribution in [0.4, 0.5) is 0 Å². The van der Waals surface area contributed by atoms with Gasteiger partial charge in [-0.1, -0.05) is 54.6 Å². The molecule has 1 N–H and O–H groups in total. The van der Waals surface area contributed by atoms with Crippen LogP contribution in [0.15, 0.2) is 48.5 Å². The second kappa shape index (κ2) is 4.07. The molecule has 0 saturated carbocycles. The van der Waals surface area contributed by atoms with Crippen LogP contribution in [0.5, 0.6) is 0 Å². The number of benzene rings is 2. The highest BCUT2D eigenvalue weighted by Crippen LogP contribution is 2.19. The number of hydrogen-bond donors (Lipinski definition) is 1. The average Bonchev–Trinajstić information content (AvgIpc) is 2.26. The van der Waals surface area contributed by atoms with Gasteiger partial charge >= 0.3 is 0 Å². The topological polar surface area (TPSA) is 20.2 Å². The van der Waals surface area contributed by atoms with Gasteiger partial charge in [0.15, 0.2) is 0 Å². The van der Waals surface area contributed by atoms with E-state index in [9.17, 15) is 0 Å². The Morgan fingerprint density at radius 1 is 1.00 bits per heavy atom. The van der Waals surface area contributed by atoms with Crippen molar-refractivity contribution in [1.29, 1.82) is 0 Å². The second-order valence-corrected chi connectivity index (χ2v) is 3.15. The van der Waals surface area contributed by atoms with E-state index >= 15 is 0 Å². The SMILES string of the molecule is OCC=Cc1cccc2ccccc12. The van der Waals surface area contributed by atoms with E-state index < -0.39 is 0 Å². The number of rotatable bonds is 2. The molecule has 1 nitrogen and oxygen atoms in total. The number of hydrogen-bond acceptors (Lipinski definition) is 1. The molecule has 0 bridgehead atoms. The molecular weight excluding hydrogens is 172 g/mol. The van der Waals surface area contributed by atoms with Crippen LogP contribution in [0.1, 0.15) is 5.56 Å². The molecule has 0 aliphatic rings. The van der Waals surface area contributed by atoms with Crippen molar-refractivity contribution in [2.75, 3.05) is 6.61 Å². The lowest BCUT2D eigenvalue weighted by Crippen LogP contribution is -1.78. The van der Waals surface area contributed by atoms with Crippen LogP contribution in [0.25, 0.3) is 16.8 Å². The minimum absolute atomic E-state index is 0.0865. The van der Waals surface area contributed by atoms with E-state index in [1.807, 2.05) is 24.3 Å². The number of fused-ring (bicyclic) bond motifs is 1. The quantitative estimate of drug-likeness (QED) is 0.760. The summed E-state index contributed by atoms with van der Waals surface area (Å²) in [6.07, 6.45) is 3.70. The molecule has 14 heavy (non-hydrogen) atoms. The summed E-state index contributed by atoms with van der Waals surface area (Å²) in [5, 5.41) is 11.2. The third-order valence-corrected chi connectivity index (χ3v) is 2.23. The Morgan fingerprint density at radius 2 is 1.79 bits per heavy atom. The van der Waals surface area contributed by atoms with Crippen LogP contribution in [0.2, 0.25) is 0 Å². The Morgan fingerprint density at radius 3 is 2.64 bits per heavy atom. The summed E-state index contributed by atoms with van der Waals surface area (Å²) in [6.45, 7) is 0.0865. The summed E-state index contributed by atoms with van der Waals surface area (Å²) in [7, 11) is 0. The maximum Gasteiger partial charge on any atom is 0.0615 e. The first kappa shape index (κ1) is 8.97. The fourth-order valence-electron chi connectivity index (χ4n) is 1.58. The van der Waals surface area contributed by atoms with E-state index in [1.165, 1.54) is 10.8 Å². The van der Waals surface area contributed by atoms with E-state index in [4.69, 9.17) is 5.11 Å². The summed E-state index contributed by atoms with van der Waals surface area (Å²) in [4.78, 5) is 0. The Labute approximate surface area is 83.3 Å². The molecule has 0 aliphatic carbocycles. The smallest absolute Gasteiger partial charge is 0.0615 e. The molecule has 0 amide bonds. The van der Waals surface area contributed by atoms with Crippen LogP contribution < -0.4 is 0 Å². The van der Waals surface area contributed by atoms with E-state index in [1.54, 1.807) is 6.08 Å². The molecule has 0 radical (unpaired) electrons. The van der Waals surface area contributed by atoms with Crippen LogP contribution >= 0.6 is 0 Å². The van der Waals surface area contributed by atoms with Crippen molar-refractivity contribution in [2.24, 2.45) is 0 Å². The Kier molecular flexibility index (Phi) is 2.61. The highest BCUT2D eigenvalue weighted by atomic mass is 16.2. The lowest BCUT2D eigenvalue weighted by molar-refractivity contribution is 0.343. The van der Waals surface area contributed by atoms with Gasteiger partial charge in [-0.25, -0.2) is 0 Å². The average molecular weight is 184 g/mol. The van der Waals surface area contributed by atoms with Crippen molar-refractivity contribution >= 4 is 16.8 Å². The maximum atomic E-state index is 8.71. The zero-order valence-corrected chi connectivity index (χ0v) is 7.85. The van der Waals surface area contributed by atoms with E-state index in [-0.39, 0.29) is 6.61 Å². The molecule has 2 aromatic carbocycles. The fraction of sp³-hybridized carbons (Fsp3) is 0.0769. The van der Waals surface area contributed by atoms with E-state index in [0.717, 1.165) is 5.56 Å². The van der Waals surface area contributed by atoms with E-state index in [0.29, 0.717) is 0 Å². The third-order valence-electron chi connectivity index (χ3n) is 2.23. The van der Waals surface area contributed by atoms with Crippen molar-refractivity contribution < 1.29 is 5.11 Å². The van der Waals surface area contributed by atoms with Gasteiger partial charge in [0, 0.05) is 0 Å². The van der Waals surface area contributed by atoms with Gasteiger partial charge in [0.05, 0.1) is 6.61 Å². The zero-order chi connectivity index (χ0) is 9.80. The molecule has 0 spiro atoms. The molecule has 1 heteroatoms. The predicted octanol–water partition coefficient (Wildman–Crippen LogP) is 2.85. The van der Waals surface area contributed by atoms with Gasteiger partial charge in [0.25, 0.3) is 0 Å². The molecule has 0 aromatic heterocycles. The molecule has 70 valence electrons. The minimum Gasteiger partial charge on any atom is -0.392 e. The predicted molar refractivity (Wildman–Crippen MR) is 60.1 cm³/mol. The largest absolute Gasteiger partial charge is 0.392 e. The van der Waals surface area contributed by atoms with Crippen LogP contribution in [-0.2, 0) is 0 Å². The first-order valence-electron chi connectivity index (χ1n) is 4.67. The first-order valence-corrected chi connectivity index (χ1v) is 4.67. The van der Waals surface area contributed by atoms with Crippen molar-refractivity contribution in [3.63, 3.8) is 0 Å². The fourth-order valence-corrected chi connectivity index (χ4v) is 1.58. The van der Waals surface area contributed by atoms with Crippen LogP contribution in [0, 0.1) is 0 Å². The summed E-state index contributed by atoms with van der Waals surface area (Å²) < 4.78 is 0. The molecule has 2 rings (SSSR count). The van der Waals surface area contributed by atoms with Gasteiger partial charge in [0.2, 0.25) is 0 Å². The Hall–Kier alpha value is -1.60. The Bertz CT molecular complexity index is 452. The summed E-state index contributed by atoms with van der Waals surface area (Å²) in [5.41, 5.74) is 1.15. The molecular formula is C13H12O. The van der Waals surface area contributed by atoms with Gasteiger partial charge in [-0.15, -0.1) is 0 Å². The summed E-state index contributed by atoms with van der Waals surface area (Å²) in [6, 6.07) is 14.4. The van der Waals surface area contributed by atoms with Crippen molar-refractivity contribution in [3.05, 3.63) is 54.1 Å². The van der Waals surface area contributed by atoms with Gasteiger partial charge in [-0.05, 0) is 16.3 Å². The van der Waals surface area contributed by atoms with Crippen LogP contribution in [0.3, 0.4) is 0 Å². The van der Waals surface area contributed by atoms with Crippen molar-refractivity contribution in [2.45, 2.75) is 0 Å². The van der Waals surface area contributed by atoms with Gasteiger partial charge in [-0.3, -0.25) is 0 Å². The third kappa shape index (κ3) is 1.68. The monoisotopic (exact) mass is 184 g/mol. The number of aliphatic hydroxyl groups is 1. The molecule has 2 aromatic rings. The highest BCUT2D eigenvalue weighted by molar-refractivity contribution is 5.90. The molecule has 0 aliphatic heterocycles. The molecule has 0 unspecified atom stereocenters. The standard InChI is InChI=1S/C13H12O/c14-10-4-8-12-7-3-6-11-5-1-2-9-13(11)12/h1-9,14H,10H2. The van der Waals surface area contributed by atoms with Crippen molar-refractivity contribution in [3.8, 4) is 0 Å². The number of aliphatic hydroxyl groups excluding tert-OH is 1. The normalized spacial score (nSPS) is 11.2. The molecule has 0 fully saturated rings. The second-order valence-electron chi connectivity index (χ2n) is 3.15. The molecule has 0 saturated heterocycles. The first-order chi connectivity index (χ1) is 6.92. The van der Waals surface area contributed by atoms with E-state index in [2.05, 4.69) is 24.3 Å². The highest BCUT2D eigenvalue weighted by Gasteiger charge is 1.94. The lowest BCUT2D eigenvalue weighted by atomic mass is 10.0. The zero-order valence-electron chi connectivity index (χ0n) is 7.85. The van der Waals surface area contributed by atoms with Gasteiger partial charge in [0.1, 0.15) is 0 Å². The minimum atomic E-state index is 0.0865. The maximum absolute atomic E-state index is 8.71. The summed E-state index contributed by atoms with van der Waals surface area (Å²) >= 11 is 0. The van der Waals surface area contributed by atoms with Crippen LogP contribution in [-0.4, -0.2) is 11.7 Å².